The molecule has 2 nitrogen and oxygen atoms in total. The van der Waals surface area contributed by atoms with Gasteiger partial charge in [0.05, 0.1) is 0 Å². The average molecular weight is 394 g/mol. The van der Waals surface area contributed by atoms with Crippen molar-refractivity contribution in [3.05, 3.63) is 71.8 Å². The molecule has 3 rings (SSSR count). The van der Waals surface area contributed by atoms with Crippen LogP contribution in [0.3, 0.4) is 0 Å². The van der Waals surface area contributed by atoms with Gasteiger partial charge in [0.25, 0.3) is 0 Å². The molecule has 0 saturated heterocycles. The van der Waals surface area contributed by atoms with Crippen LogP contribution in [0.4, 0.5) is 0 Å². The molecule has 1 unspecified atom stereocenters. The summed E-state index contributed by atoms with van der Waals surface area (Å²) in [6, 6.07) is 21.4. The highest BCUT2D eigenvalue weighted by Crippen LogP contribution is 2.32. The van der Waals surface area contributed by atoms with E-state index >= 15 is 0 Å². The number of benzene rings is 2. The molecule has 2 aromatic carbocycles. The van der Waals surface area contributed by atoms with E-state index in [0.29, 0.717) is 12.5 Å². The highest BCUT2D eigenvalue weighted by Gasteiger charge is 2.21. The van der Waals surface area contributed by atoms with E-state index < -0.39 is 0 Å². The van der Waals surface area contributed by atoms with Crippen molar-refractivity contribution < 1.29 is 5.11 Å². The topological polar surface area (TPSA) is 32.3 Å². The minimum atomic E-state index is 0.317. The van der Waals surface area contributed by atoms with E-state index in [1.54, 1.807) is 0 Å². The maximum atomic E-state index is 9.76. The van der Waals surface area contributed by atoms with E-state index in [1.807, 2.05) is 0 Å². The molecule has 0 amide bonds. The second kappa shape index (κ2) is 12.8. The van der Waals surface area contributed by atoms with Gasteiger partial charge in [0.15, 0.2) is 0 Å². The van der Waals surface area contributed by atoms with Crippen LogP contribution in [0.15, 0.2) is 60.7 Å². The number of aliphatic hydroxyl groups excluding tert-OH is 1. The quantitative estimate of drug-likeness (QED) is 0.457. The van der Waals surface area contributed by atoms with Crippen LogP contribution in [0.1, 0.15) is 56.1 Å². The molecule has 1 aliphatic rings. The molecule has 1 saturated carbocycles. The van der Waals surface area contributed by atoms with Crippen LogP contribution in [0.2, 0.25) is 0 Å². The molecule has 0 aromatic heterocycles. The molecule has 0 radical (unpaired) electrons. The van der Waals surface area contributed by atoms with Gasteiger partial charge in [0.2, 0.25) is 0 Å². The first-order chi connectivity index (χ1) is 14.3. The molecule has 0 bridgehead atoms. The van der Waals surface area contributed by atoms with Gasteiger partial charge in [-0.2, -0.15) is 0 Å². The van der Waals surface area contributed by atoms with Gasteiger partial charge in [0.1, 0.15) is 0 Å². The molecule has 2 aromatic rings. The first-order valence-electron chi connectivity index (χ1n) is 11.7. The van der Waals surface area contributed by atoms with Crippen molar-refractivity contribution in [2.75, 3.05) is 19.7 Å². The molecule has 0 spiro atoms. The average Bonchev–Trinajstić information content (AvgIpc) is 2.78. The second-order valence-electron chi connectivity index (χ2n) is 9.00. The molecule has 1 aliphatic carbocycles. The normalized spacial score (nSPS) is 20.4. The molecule has 0 heterocycles. The van der Waals surface area contributed by atoms with Gasteiger partial charge >= 0.3 is 0 Å². The largest absolute Gasteiger partial charge is 0.396 e. The zero-order valence-electron chi connectivity index (χ0n) is 17.9. The number of hydrogen-bond acceptors (Lipinski definition) is 2. The Hall–Kier alpha value is -1.64. The lowest BCUT2D eigenvalue weighted by molar-refractivity contribution is 0.193. The van der Waals surface area contributed by atoms with Gasteiger partial charge in [-0.25, -0.2) is 0 Å². The summed E-state index contributed by atoms with van der Waals surface area (Å²) in [5.41, 5.74) is 2.80. The predicted molar refractivity (Wildman–Crippen MR) is 123 cm³/mol. The Morgan fingerprint density at radius 2 is 1.45 bits per heavy atom. The number of hydrogen-bond donors (Lipinski definition) is 2. The van der Waals surface area contributed by atoms with E-state index in [9.17, 15) is 5.11 Å². The van der Waals surface area contributed by atoms with E-state index in [-0.39, 0.29) is 0 Å². The third kappa shape index (κ3) is 8.32. The van der Waals surface area contributed by atoms with Crippen LogP contribution in [-0.2, 0) is 12.8 Å². The Morgan fingerprint density at radius 1 is 0.828 bits per heavy atom. The molecule has 158 valence electrons. The molecule has 1 fully saturated rings. The van der Waals surface area contributed by atoms with Crippen LogP contribution >= 0.6 is 0 Å². The SMILES string of the molecule is OCC(CCC1CCC(CNCCCc2ccccc2)CC1)Cc1ccccc1. The first kappa shape index (κ1) is 22.1. The maximum Gasteiger partial charge on any atom is 0.0462 e. The Labute approximate surface area is 177 Å². The predicted octanol–water partition coefficient (Wildman–Crippen LogP) is 5.65. The van der Waals surface area contributed by atoms with E-state index in [1.165, 1.54) is 69.0 Å². The van der Waals surface area contributed by atoms with Crippen LogP contribution in [-0.4, -0.2) is 24.8 Å². The summed E-state index contributed by atoms with van der Waals surface area (Å²) in [5.74, 6) is 2.15. The van der Waals surface area contributed by atoms with Gasteiger partial charge in [-0.3, -0.25) is 0 Å². The van der Waals surface area contributed by atoms with Gasteiger partial charge in [-0.1, -0.05) is 79.9 Å². The minimum Gasteiger partial charge on any atom is -0.396 e. The summed E-state index contributed by atoms with van der Waals surface area (Å²) in [5, 5.41) is 13.5. The molecule has 0 aliphatic heterocycles. The van der Waals surface area contributed by atoms with Gasteiger partial charge < -0.3 is 10.4 Å². The lowest BCUT2D eigenvalue weighted by atomic mass is 9.78. The van der Waals surface area contributed by atoms with E-state index in [2.05, 4.69) is 66.0 Å². The Bertz CT molecular complexity index is 649. The number of aryl methyl sites for hydroxylation is 1. The number of rotatable bonds is 12. The van der Waals surface area contributed by atoms with Crippen LogP contribution in [0, 0.1) is 17.8 Å². The van der Waals surface area contributed by atoms with Gasteiger partial charge in [-0.15, -0.1) is 0 Å². The van der Waals surface area contributed by atoms with Crippen molar-refractivity contribution in [1.82, 2.24) is 5.32 Å². The van der Waals surface area contributed by atoms with E-state index in [4.69, 9.17) is 0 Å². The lowest BCUT2D eigenvalue weighted by Gasteiger charge is -2.29. The van der Waals surface area contributed by atoms with Gasteiger partial charge in [-0.05, 0) is 80.5 Å². The maximum absolute atomic E-state index is 9.76. The number of nitrogens with one attached hydrogen (secondary N) is 1. The van der Waals surface area contributed by atoms with Crippen molar-refractivity contribution >= 4 is 0 Å². The van der Waals surface area contributed by atoms with Crippen LogP contribution < -0.4 is 5.32 Å². The summed E-state index contributed by atoms with van der Waals surface area (Å²) in [6.07, 6.45) is 11.4. The van der Waals surface area contributed by atoms with Crippen molar-refractivity contribution in [3.8, 4) is 0 Å². The van der Waals surface area contributed by atoms with E-state index in [0.717, 1.165) is 24.8 Å². The van der Waals surface area contributed by atoms with Crippen molar-refractivity contribution in [2.24, 2.45) is 17.8 Å². The summed E-state index contributed by atoms with van der Waals surface area (Å²) in [4.78, 5) is 0. The highest BCUT2D eigenvalue weighted by molar-refractivity contribution is 5.15. The molecule has 2 heteroatoms. The Morgan fingerprint density at radius 3 is 2.10 bits per heavy atom. The molecular formula is C27H39NO. The standard InChI is InChI=1S/C27H39NO/c29-22-27(20-25-10-5-2-6-11-25)18-15-24-13-16-26(17-14-24)21-28-19-7-12-23-8-3-1-4-9-23/h1-6,8-11,24,26-29H,7,12-22H2. The highest BCUT2D eigenvalue weighted by atomic mass is 16.3. The fourth-order valence-electron chi connectivity index (χ4n) is 4.77. The first-order valence-corrected chi connectivity index (χ1v) is 11.7. The summed E-state index contributed by atoms with van der Waals surface area (Å²) in [6.45, 7) is 2.64. The molecule has 2 N–H and O–H groups in total. The number of aliphatic hydroxyl groups is 1. The molecule has 29 heavy (non-hydrogen) atoms. The third-order valence-corrected chi connectivity index (χ3v) is 6.67. The second-order valence-corrected chi connectivity index (χ2v) is 9.00. The minimum absolute atomic E-state index is 0.317. The smallest absolute Gasteiger partial charge is 0.0462 e. The fraction of sp³-hybridized carbons (Fsp3) is 0.556. The lowest BCUT2D eigenvalue weighted by Crippen LogP contribution is -2.27. The van der Waals surface area contributed by atoms with Crippen molar-refractivity contribution in [2.45, 2.75) is 57.8 Å². The third-order valence-electron chi connectivity index (χ3n) is 6.67. The zero-order chi connectivity index (χ0) is 20.2. The molecule has 1 atom stereocenters. The summed E-state index contributed by atoms with van der Waals surface area (Å²) < 4.78 is 0. The van der Waals surface area contributed by atoms with Crippen LogP contribution in [0.25, 0.3) is 0 Å². The van der Waals surface area contributed by atoms with Gasteiger partial charge in [0, 0.05) is 6.61 Å². The Kier molecular flexibility index (Phi) is 9.75. The van der Waals surface area contributed by atoms with Crippen molar-refractivity contribution in [3.63, 3.8) is 0 Å². The van der Waals surface area contributed by atoms with Crippen molar-refractivity contribution in [1.29, 1.82) is 0 Å². The van der Waals surface area contributed by atoms with Crippen LogP contribution in [0.5, 0.6) is 0 Å². The zero-order valence-corrected chi connectivity index (χ0v) is 17.9. The Balaban J connectivity index is 1.24. The monoisotopic (exact) mass is 393 g/mol. The summed E-state index contributed by atoms with van der Waals surface area (Å²) >= 11 is 0. The molecular weight excluding hydrogens is 354 g/mol. The fourth-order valence-corrected chi connectivity index (χ4v) is 4.77. The summed E-state index contributed by atoms with van der Waals surface area (Å²) in [7, 11) is 0.